The molecule has 2 atom stereocenters. The van der Waals surface area contributed by atoms with Gasteiger partial charge in [-0.1, -0.05) is 37.1 Å². The SMILES string of the molecule is CCC1(C(O)C/C=C/C2=C(C)CC[C@@H]2CCCc2cccs2)CCC1. The third kappa shape index (κ3) is 4.46. The van der Waals surface area contributed by atoms with E-state index in [4.69, 9.17) is 0 Å². The molecular weight excluding hydrogens is 324 g/mol. The van der Waals surface area contributed by atoms with Crippen LogP contribution in [0.25, 0.3) is 0 Å². The Morgan fingerprint density at radius 3 is 2.88 bits per heavy atom. The fourth-order valence-electron chi connectivity index (χ4n) is 4.72. The Bertz CT molecular complexity index is 586. The second kappa shape index (κ2) is 8.68. The molecule has 1 aromatic heterocycles. The van der Waals surface area contributed by atoms with Gasteiger partial charge in [0.15, 0.2) is 0 Å². The lowest BCUT2D eigenvalue weighted by molar-refractivity contribution is -0.0354. The van der Waals surface area contributed by atoms with Crippen LogP contribution in [0.4, 0.5) is 0 Å². The zero-order chi connectivity index (χ0) is 17.7. The summed E-state index contributed by atoms with van der Waals surface area (Å²) in [6.45, 7) is 4.54. The molecule has 0 spiro atoms. The van der Waals surface area contributed by atoms with Gasteiger partial charge in [0.25, 0.3) is 0 Å². The molecule has 25 heavy (non-hydrogen) atoms. The molecule has 0 radical (unpaired) electrons. The van der Waals surface area contributed by atoms with Gasteiger partial charge in [0, 0.05) is 4.88 Å². The lowest BCUT2D eigenvalue weighted by Crippen LogP contribution is -2.40. The van der Waals surface area contributed by atoms with E-state index in [1.165, 1.54) is 56.2 Å². The molecule has 1 unspecified atom stereocenters. The van der Waals surface area contributed by atoms with Crippen molar-refractivity contribution in [2.45, 2.75) is 84.2 Å². The van der Waals surface area contributed by atoms with Crippen LogP contribution in [0.2, 0.25) is 0 Å². The average Bonchev–Trinajstić information content (AvgIpc) is 3.19. The van der Waals surface area contributed by atoms with Crippen molar-refractivity contribution in [1.82, 2.24) is 0 Å². The van der Waals surface area contributed by atoms with E-state index in [0.717, 1.165) is 18.8 Å². The quantitative estimate of drug-likeness (QED) is 0.521. The maximum atomic E-state index is 10.6. The number of thiophene rings is 1. The third-order valence-corrected chi connectivity index (χ3v) is 7.71. The van der Waals surface area contributed by atoms with Crippen LogP contribution in [0.5, 0.6) is 0 Å². The number of aryl methyl sites for hydroxylation is 1. The highest BCUT2D eigenvalue weighted by molar-refractivity contribution is 7.09. The topological polar surface area (TPSA) is 20.2 Å². The monoisotopic (exact) mass is 358 g/mol. The Labute approximate surface area is 157 Å². The maximum Gasteiger partial charge on any atom is 0.0630 e. The number of hydrogen-bond donors (Lipinski definition) is 1. The summed E-state index contributed by atoms with van der Waals surface area (Å²) in [6.07, 6.45) is 16.5. The first-order valence-corrected chi connectivity index (χ1v) is 11.1. The predicted molar refractivity (Wildman–Crippen MR) is 109 cm³/mol. The molecule has 0 bridgehead atoms. The lowest BCUT2D eigenvalue weighted by Gasteiger charge is -2.45. The van der Waals surface area contributed by atoms with E-state index in [2.05, 4.69) is 43.5 Å². The molecule has 138 valence electrons. The van der Waals surface area contributed by atoms with Crippen molar-refractivity contribution in [3.63, 3.8) is 0 Å². The van der Waals surface area contributed by atoms with E-state index >= 15 is 0 Å². The van der Waals surface area contributed by atoms with Gasteiger partial charge in [0.1, 0.15) is 0 Å². The molecule has 2 aliphatic rings. The average molecular weight is 359 g/mol. The van der Waals surface area contributed by atoms with Crippen LogP contribution < -0.4 is 0 Å². The Morgan fingerprint density at radius 2 is 2.24 bits per heavy atom. The lowest BCUT2D eigenvalue weighted by atomic mass is 9.63. The summed E-state index contributed by atoms with van der Waals surface area (Å²) in [5.41, 5.74) is 3.36. The molecular formula is C23H34OS. The number of hydrogen-bond acceptors (Lipinski definition) is 2. The molecule has 1 heterocycles. The summed E-state index contributed by atoms with van der Waals surface area (Å²) in [6, 6.07) is 4.41. The van der Waals surface area contributed by atoms with E-state index in [0.29, 0.717) is 0 Å². The molecule has 1 N–H and O–H groups in total. The van der Waals surface area contributed by atoms with E-state index < -0.39 is 0 Å². The Balaban J connectivity index is 1.49. The zero-order valence-corrected chi connectivity index (χ0v) is 16.8. The standard InChI is InChI=1S/C23H34OS/c1-3-23(15-7-16-23)22(24)12-5-11-21-18(2)13-14-19(21)8-4-9-20-10-6-17-25-20/h5-6,10-11,17,19,22,24H,3-4,7-9,12-16H2,1-2H3/b11-5+/t19-,22?/m0/s1. The maximum absolute atomic E-state index is 10.6. The Hall–Kier alpha value is -0.860. The van der Waals surface area contributed by atoms with Gasteiger partial charge in [-0.25, -0.2) is 0 Å². The predicted octanol–water partition coefficient (Wildman–Crippen LogP) is 6.68. The van der Waals surface area contributed by atoms with E-state index in [1.807, 2.05) is 11.3 Å². The van der Waals surface area contributed by atoms with Crippen LogP contribution in [0.3, 0.4) is 0 Å². The second-order valence-electron chi connectivity index (χ2n) is 8.17. The van der Waals surface area contributed by atoms with E-state index in [1.54, 1.807) is 11.1 Å². The summed E-state index contributed by atoms with van der Waals surface area (Å²) in [5.74, 6) is 0.734. The van der Waals surface area contributed by atoms with Crippen molar-refractivity contribution in [3.05, 3.63) is 45.7 Å². The number of allylic oxidation sites excluding steroid dienone is 3. The molecule has 0 aromatic carbocycles. The molecule has 2 aliphatic carbocycles. The van der Waals surface area contributed by atoms with Crippen LogP contribution >= 0.6 is 11.3 Å². The van der Waals surface area contributed by atoms with Crippen LogP contribution in [0.15, 0.2) is 40.8 Å². The third-order valence-electron chi connectivity index (χ3n) is 6.77. The van der Waals surface area contributed by atoms with Gasteiger partial charge in [-0.15, -0.1) is 11.3 Å². The van der Waals surface area contributed by atoms with Gasteiger partial charge >= 0.3 is 0 Å². The Morgan fingerprint density at radius 1 is 1.40 bits per heavy atom. The minimum atomic E-state index is -0.151. The summed E-state index contributed by atoms with van der Waals surface area (Å²) in [7, 11) is 0. The molecule has 3 rings (SSSR count). The largest absolute Gasteiger partial charge is 0.392 e. The van der Waals surface area contributed by atoms with E-state index in [9.17, 15) is 5.11 Å². The van der Waals surface area contributed by atoms with Crippen molar-refractivity contribution in [2.75, 3.05) is 0 Å². The van der Waals surface area contributed by atoms with Crippen molar-refractivity contribution in [2.24, 2.45) is 11.3 Å². The first-order valence-electron chi connectivity index (χ1n) is 10.2. The first-order chi connectivity index (χ1) is 12.1. The fraction of sp³-hybridized carbons (Fsp3) is 0.652. The molecule has 1 fully saturated rings. The molecule has 2 heteroatoms. The highest BCUT2D eigenvalue weighted by Gasteiger charge is 2.40. The van der Waals surface area contributed by atoms with Crippen LogP contribution in [0.1, 0.15) is 76.5 Å². The van der Waals surface area contributed by atoms with Gasteiger partial charge in [-0.05, 0) is 93.1 Å². The fourth-order valence-corrected chi connectivity index (χ4v) is 5.47. The molecule has 1 aromatic rings. The minimum Gasteiger partial charge on any atom is -0.392 e. The Kier molecular flexibility index (Phi) is 6.57. The van der Waals surface area contributed by atoms with Crippen LogP contribution in [-0.4, -0.2) is 11.2 Å². The van der Waals surface area contributed by atoms with Gasteiger partial charge in [-0.3, -0.25) is 0 Å². The van der Waals surface area contributed by atoms with Crippen LogP contribution in [-0.2, 0) is 6.42 Å². The number of aliphatic hydroxyl groups is 1. The molecule has 0 aliphatic heterocycles. The van der Waals surface area contributed by atoms with Crippen molar-refractivity contribution in [3.8, 4) is 0 Å². The second-order valence-corrected chi connectivity index (χ2v) is 9.20. The normalized spacial score (nSPS) is 24.0. The summed E-state index contributed by atoms with van der Waals surface area (Å²) in [4.78, 5) is 1.52. The summed E-state index contributed by atoms with van der Waals surface area (Å²) < 4.78 is 0. The molecule has 1 nitrogen and oxygen atoms in total. The van der Waals surface area contributed by atoms with Gasteiger partial charge < -0.3 is 5.11 Å². The van der Waals surface area contributed by atoms with Crippen molar-refractivity contribution >= 4 is 11.3 Å². The molecule has 0 saturated heterocycles. The van der Waals surface area contributed by atoms with Gasteiger partial charge in [0.2, 0.25) is 0 Å². The highest BCUT2D eigenvalue weighted by atomic mass is 32.1. The first kappa shape index (κ1) is 18.9. The van der Waals surface area contributed by atoms with Gasteiger partial charge in [-0.2, -0.15) is 0 Å². The zero-order valence-electron chi connectivity index (χ0n) is 16.0. The summed E-state index contributed by atoms with van der Waals surface area (Å²) in [5, 5.41) is 12.8. The molecule has 1 saturated carbocycles. The smallest absolute Gasteiger partial charge is 0.0630 e. The van der Waals surface area contributed by atoms with Crippen LogP contribution in [0, 0.1) is 11.3 Å². The van der Waals surface area contributed by atoms with Gasteiger partial charge in [0.05, 0.1) is 6.10 Å². The highest BCUT2D eigenvalue weighted by Crippen LogP contribution is 2.47. The number of rotatable bonds is 9. The summed E-state index contributed by atoms with van der Waals surface area (Å²) >= 11 is 1.88. The minimum absolute atomic E-state index is 0.151. The molecule has 0 amide bonds. The van der Waals surface area contributed by atoms with Crippen molar-refractivity contribution in [1.29, 1.82) is 0 Å². The van der Waals surface area contributed by atoms with Crippen molar-refractivity contribution < 1.29 is 5.11 Å². The van der Waals surface area contributed by atoms with E-state index in [-0.39, 0.29) is 11.5 Å². The number of aliphatic hydroxyl groups excluding tert-OH is 1.